The van der Waals surface area contributed by atoms with Gasteiger partial charge in [-0.3, -0.25) is 0 Å². The summed E-state index contributed by atoms with van der Waals surface area (Å²) in [7, 11) is 0. The Balaban J connectivity index is 1.52. The van der Waals surface area contributed by atoms with Crippen molar-refractivity contribution in [2.24, 2.45) is 0 Å². The van der Waals surface area contributed by atoms with Crippen LogP contribution in [0.1, 0.15) is 36.6 Å². The number of aromatic nitrogens is 1. The van der Waals surface area contributed by atoms with Gasteiger partial charge in [-0.25, -0.2) is 0 Å². The van der Waals surface area contributed by atoms with E-state index in [0.29, 0.717) is 12.0 Å². The number of hydrogen-bond acceptors (Lipinski definition) is 4. The fraction of sp³-hybridized carbons (Fsp3) is 0.727. The van der Waals surface area contributed by atoms with Crippen molar-refractivity contribution in [3.63, 3.8) is 0 Å². The zero-order valence-corrected chi connectivity index (χ0v) is 9.55. The van der Waals surface area contributed by atoms with E-state index in [4.69, 9.17) is 4.52 Å². The molecule has 1 saturated carbocycles. The minimum atomic E-state index is 0.674. The van der Waals surface area contributed by atoms with Crippen LogP contribution in [-0.2, 0) is 6.54 Å². The lowest BCUT2D eigenvalue weighted by Crippen LogP contribution is -2.28. The van der Waals surface area contributed by atoms with Crippen molar-refractivity contribution in [3.8, 4) is 0 Å². The molecular weight excluding hydrogens is 208 g/mol. The molecule has 0 bridgehead atoms. The molecule has 2 heterocycles. The van der Waals surface area contributed by atoms with E-state index < -0.39 is 0 Å². The molecule has 0 amide bonds. The third-order valence-corrected chi connectivity index (χ3v) is 4.22. The van der Waals surface area contributed by atoms with Crippen molar-refractivity contribution in [2.45, 2.75) is 37.8 Å². The van der Waals surface area contributed by atoms with Crippen LogP contribution in [0.5, 0.6) is 0 Å². The lowest BCUT2D eigenvalue weighted by Gasteiger charge is -2.08. The molecule has 1 aromatic heterocycles. The van der Waals surface area contributed by atoms with Crippen molar-refractivity contribution in [1.29, 1.82) is 0 Å². The Kier molecular flexibility index (Phi) is 2.71. The zero-order chi connectivity index (χ0) is 10.1. The molecule has 3 rings (SSSR count). The first-order valence-electron chi connectivity index (χ1n) is 5.68. The highest BCUT2D eigenvalue weighted by molar-refractivity contribution is 7.99. The average Bonchev–Trinajstić information content (AvgIpc) is 2.82. The molecule has 4 heteroatoms. The molecule has 1 atom stereocenters. The standard InChI is InChI=1S/C11H16N2OS/c1-2-8(1)11-5-10(13-14-11)6-12-9-3-4-15-7-9/h5,8-9,12H,1-4,6-7H2. The van der Waals surface area contributed by atoms with Crippen LogP contribution < -0.4 is 5.32 Å². The molecule has 15 heavy (non-hydrogen) atoms. The Hall–Kier alpha value is -0.480. The molecule has 1 N–H and O–H groups in total. The Bertz CT molecular complexity index is 329. The first-order valence-corrected chi connectivity index (χ1v) is 6.84. The SMILES string of the molecule is c1c(CNC2CCSC2)noc1C1CC1. The summed E-state index contributed by atoms with van der Waals surface area (Å²) in [6, 6.07) is 2.79. The molecule has 0 spiro atoms. The summed E-state index contributed by atoms with van der Waals surface area (Å²) in [6.07, 6.45) is 3.85. The number of hydrogen-bond donors (Lipinski definition) is 1. The molecule has 1 saturated heterocycles. The van der Waals surface area contributed by atoms with Gasteiger partial charge in [-0.2, -0.15) is 11.8 Å². The fourth-order valence-corrected chi connectivity index (χ4v) is 3.10. The highest BCUT2D eigenvalue weighted by Crippen LogP contribution is 2.40. The van der Waals surface area contributed by atoms with Crippen LogP contribution in [0.2, 0.25) is 0 Å². The quantitative estimate of drug-likeness (QED) is 0.850. The maximum atomic E-state index is 5.31. The van der Waals surface area contributed by atoms with E-state index in [9.17, 15) is 0 Å². The summed E-state index contributed by atoms with van der Waals surface area (Å²) in [4.78, 5) is 0. The van der Waals surface area contributed by atoms with E-state index in [1.807, 2.05) is 11.8 Å². The largest absolute Gasteiger partial charge is 0.361 e. The lowest BCUT2D eigenvalue weighted by atomic mass is 10.2. The summed E-state index contributed by atoms with van der Waals surface area (Å²) < 4.78 is 5.31. The van der Waals surface area contributed by atoms with Crippen LogP contribution in [0.15, 0.2) is 10.6 Å². The molecule has 1 aromatic rings. The highest BCUT2D eigenvalue weighted by Gasteiger charge is 2.27. The van der Waals surface area contributed by atoms with Gasteiger partial charge in [0.1, 0.15) is 5.76 Å². The van der Waals surface area contributed by atoms with Crippen LogP contribution >= 0.6 is 11.8 Å². The number of rotatable bonds is 4. The van der Waals surface area contributed by atoms with Gasteiger partial charge < -0.3 is 9.84 Å². The van der Waals surface area contributed by atoms with E-state index in [-0.39, 0.29) is 0 Å². The van der Waals surface area contributed by atoms with E-state index in [0.717, 1.165) is 18.0 Å². The first kappa shape index (κ1) is 9.73. The molecular formula is C11H16N2OS. The van der Waals surface area contributed by atoms with E-state index >= 15 is 0 Å². The van der Waals surface area contributed by atoms with Crippen molar-refractivity contribution in [1.82, 2.24) is 10.5 Å². The number of thioether (sulfide) groups is 1. The van der Waals surface area contributed by atoms with E-state index in [2.05, 4.69) is 16.5 Å². The molecule has 2 aliphatic rings. The second-order valence-corrected chi connectivity index (χ2v) is 5.59. The topological polar surface area (TPSA) is 38.1 Å². The maximum Gasteiger partial charge on any atom is 0.140 e. The Morgan fingerprint density at radius 3 is 3.13 bits per heavy atom. The Labute approximate surface area is 94.0 Å². The normalized spacial score (nSPS) is 26.0. The minimum Gasteiger partial charge on any atom is -0.361 e. The summed E-state index contributed by atoms with van der Waals surface area (Å²) in [6.45, 7) is 0.863. The molecule has 0 aromatic carbocycles. The fourth-order valence-electron chi connectivity index (χ4n) is 1.92. The van der Waals surface area contributed by atoms with Gasteiger partial charge in [-0.15, -0.1) is 0 Å². The maximum absolute atomic E-state index is 5.31. The summed E-state index contributed by atoms with van der Waals surface area (Å²) >= 11 is 2.03. The minimum absolute atomic E-state index is 0.674. The average molecular weight is 224 g/mol. The molecule has 1 aliphatic heterocycles. The third-order valence-electron chi connectivity index (χ3n) is 3.06. The van der Waals surface area contributed by atoms with Gasteiger partial charge in [0.2, 0.25) is 0 Å². The Morgan fingerprint density at radius 1 is 1.47 bits per heavy atom. The van der Waals surface area contributed by atoms with Crippen molar-refractivity contribution >= 4 is 11.8 Å². The van der Waals surface area contributed by atoms with Crippen LogP contribution in [0.4, 0.5) is 0 Å². The van der Waals surface area contributed by atoms with Gasteiger partial charge in [0, 0.05) is 30.3 Å². The molecule has 0 radical (unpaired) electrons. The Morgan fingerprint density at radius 2 is 2.40 bits per heavy atom. The van der Waals surface area contributed by atoms with Gasteiger partial charge in [0.15, 0.2) is 0 Å². The van der Waals surface area contributed by atoms with E-state index in [1.165, 1.54) is 30.8 Å². The predicted molar refractivity (Wildman–Crippen MR) is 61.0 cm³/mol. The summed E-state index contributed by atoms with van der Waals surface area (Å²) in [5, 5.41) is 7.62. The van der Waals surface area contributed by atoms with Crippen LogP contribution in [0.3, 0.4) is 0 Å². The molecule has 1 aliphatic carbocycles. The molecule has 3 nitrogen and oxygen atoms in total. The third kappa shape index (κ3) is 2.37. The lowest BCUT2D eigenvalue weighted by molar-refractivity contribution is 0.374. The van der Waals surface area contributed by atoms with E-state index in [1.54, 1.807) is 0 Å². The summed E-state index contributed by atoms with van der Waals surface area (Å²) in [5.74, 6) is 4.30. The van der Waals surface area contributed by atoms with Crippen molar-refractivity contribution < 1.29 is 4.52 Å². The monoisotopic (exact) mass is 224 g/mol. The van der Waals surface area contributed by atoms with Crippen LogP contribution in [0, 0.1) is 0 Å². The van der Waals surface area contributed by atoms with Gasteiger partial charge in [-0.05, 0) is 25.0 Å². The molecule has 1 unspecified atom stereocenters. The smallest absolute Gasteiger partial charge is 0.140 e. The first-order chi connectivity index (χ1) is 7.42. The predicted octanol–water partition coefficient (Wildman–Crippen LogP) is 2.15. The van der Waals surface area contributed by atoms with Gasteiger partial charge in [0.05, 0.1) is 5.69 Å². The highest BCUT2D eigenvalue weighted by atomic mass is 32.2. The van der Waals surface area contributed by atoms with Crippen molar-refractivity contribution in [2.75, 3.05) is 11.5 Å². The molecule has 82 valence electrons. The van der Waals surface area contributed by atoms with Gasteiger partial charge in [-0.1, -0.05) is 5.16 Å². The zero-order valence-electron chi connectivity index (χ0n) is 8.74. The number of nitrogens with one attached hydrogen (secondary N) is 1. The van der Waals surface area contributed by atoms with Crippen molar-refractivity contribution in [3.05, 3.63) is 17.5 Å². The summed E-state index contributed by atoms with van der Waals surface area (Å²) in [5.41, 5.74) is 1.06. The van der Waals surface area contributed by atoms with Crippen LogP contribution in [-0.4, -0.2) is 22.7 Å². The molecule has 2 fully saturated rings. The van der Waals surface area contributed by atoms with Gasteiger partial charge >= 0.3 is 0 Å². The second-order valence-electron chi connectivity index (χ2n) is 4.44. The van der Waals surface area contributed by atoms with Crippen LogP contribution in [0.25, 0.3) is 0 Å². The number of nitrogens with zero attached hydrogens (tertiary/aromatic N) is 1. The van der Waals surface area contributed by atoms with Gasteiger partial charge in [0.25, 0.3) is 0 Å². The second kappa shape index (κ2) is 4.18.